The van der Waals surface area contributed by atoms with Crippen molar-refractivity contribution in [2.45, 2.75) is 6.04 Å². The Bertz CT molecular complexity index is 556. The number of hydrogen-bond donors (Lipinski definition) is 1. The third-order valence-corrected chi connectivity index (χ3v) is 2.65. The number of anilines is 1. The van der Waals surface area contributed by atoms with Crippen molar-refractivity contribution in [3.63, 3.8) is 0 Å². The Morgan fingerprint density at radius 1 is 1.53 bits per heavy atom. The Labute approximate surface area is 104 Å². The molecule has 2 rings (SSSR count). The third kappa shape index (κ3) is 2.58. The summed E-state index contributed by atoms with van der Waals surface area (Å²) in [5, 5.41) is 12.9. The molecule has 1 aromatic carbocycles. The van der Waals surface area contributed by atoms with Crippen LogP contribution in [-0.2, 0) is 7.05 Å². The first-order valence-electron chi connectivity index (χ1n) is 5.08. The van der Waals surface area contributed by atoms with E-state index in [1.807, 2.05) is 23.7 Å². The zero-order chi connectivity index (χ0) is 12.3. The van der Waals surface area contributed by atoms with Gasteiger partial charge < -0.3 is 9.88 Å². The van der Waals surface area contributed by atoms with E-state index in [9.17, 15) is 0 Å². The van der Waals surface area contributed by atoms with Gasteiger partial charge in [-0.05, 0) is 18.2 Å². The topological polar surface area (TPSA) is 53.6 Å². The number of aryl methyl sites for hydroxylation is 1. The molecule has 0 fully saturated rings. The van der Waals surface area contributed by atoms with Crippen LogP contribution in [0.15, 0.2) is 36.8 Å². The first-order valence-corrected chi connectivity index (χ1v) is 5.46. The molecule has 0 saturated heterocycles. The number of nitriles is 1. The van der Waals surface area contributed by atoms with E-state index in [1.165, 1.54) is 0 Å². The van der Waals surface area contributed by atoms with Crippen molar-refractivity contribution in [3.05, 3.63) is 47.5 Å². The predicted octanol–water partition coefficient (Wildman–Crippen LogP) is 2.75. The Hall–Kier alpha value is -1.99. The molecule has 0 bridgehead atoms. The van der Waals surface area contributed by atoms with Gasteiger partial charge in [0.15, 0.2) is 6.04 Å². The van der Waals surface area contributed by atoms with Crippen LogP contribution in [0, 0.1) is 11.3 Å². The lowest BCUT2D eigenvalue weighted by Crippen LogP contribution is -2.11. The van der Waals surface area contributed by atoms with Crippen LogP contribution < -0.4 is 5.32 Å². The minimum absolute atomic E-state index is 0.444. The van der Waals surface area contributed by atoms with Gasteiger partial charge in [0.05, 0.1) is 24.3 Å². The van der Waals surface area contributed by atoms with Crippen LogP contribution in [0.1, 0.15) is 11.7 Å². The molecular formula is C12H11ClN4. The highest BCUT2D eigenvalue weighted by Crippen LogP contribution is 2.21. The van der Waals surface area contributed by atoms with E-state index < -0.39 is 6.04 Å². The lowest BCUT2D eigenvalue weighted by molar-refractivity contribution is 0.799. The van der Waals surface area contributed by atoms with Gasteiger partial charge in [0.25, 0.3) is 0 Å². The maximum Gasteiger partial charge on any atom is 0.156 e. The molecule has 0 radical (unpaired) electrons. The second-order valence-corrected chi connectivity index (χ2v) is 4.08. The molecule has 0 amide bonds. The highest BCUT2D eigenvalue weighted by molar-refractivity contribution is 6.30. The van der Waals surface area contributed by atoms with Crippen molar-refractivity contribution in [2.75, 3.05) is 5.32 Å². The van der Waals surface area contributed by atoms with Gasteiger partial charge in [0.1, 0.15) is 0 Å². The Kier molecular flexibility index (Phi) is 3.31. The number of benzene rings is 1. The van der Waals surface area contributed by atoms with E-state index in [0.717, 1.165) is 11.4 Å². The van der Waals surface area contributed by atoms with Crippen LogP contribution in [0.5, 0.6) is 0 Å². The number of hydrogen-bond acceptors (Lipinski definition) is 3. The van der Waals surface area contributed by atoms with E-state index in [0.29, 0.717) is 5.02 Å². The zero-order valence-electron chi connectivity index (χ0n) is 9.26. The van der Waals surface area contributed by atoms with Crippen molar-refractivity contribution >= 4 is 17.3 Å². The van der Waals surface area contributed by atoms with Crippen LogP contribution in [0.2, 0.25) is 5.02 Å². The minimum atomic E-state index is -0.444. The zero-order valence-corrected chi connectivity index (χ0v) is 10.0. The Balaban J connectivity index is 2.23. The average Bonchev–Trinajstić information content (AvgIpc) is 2.72. The fraction of sp³-hybridized carbons (Fsp3) is 0.167. The lowest BCUT2D eigenvalue weighted by Gasteiger charge is -2.13. The molecule has 4 nitrogen and oxygen atoms in total. The summed E-state index contributed by atoms with van der Waals surface area (Å²) in [7, 11) is 1.85. The van der Waals surface area contributed by atoms with Crippen LogP contribution in [0.3, 0.4) is 0 Å². The molecule has 1 heterocycles. The largest absolute Gasteiger partial charge is 0.365 e. The lowest BCUT2D eigenvalue weighted by atomic mass is 10.2. The number of rotatable bonds is 3. The van der Waals surface area contributed by atoms with Gasteiger partial charge in [0, 0.05) is 17.8 Å². The van der Waals surface area contributed by atoms with E-state index in [2.05, 4.69) is 16.4 Å². The van der Waals surface area contributed by atoms with Crippen molar-refractivity contribution in [3.8, 4) is 6.07 Å². The summed E-state index contributed by atoms with van der Waals surface area (Å²) < 4.78 is 1.81. The van der Waals surface area contributed by atoms with Gasteiger partial charge in [-0.3, -0.25) is 0 Å². The summed E-state index contributed by atoms with van der Waals surface area (Å²) in [6.07, 6.45) is 3.34. The Morgan fingerprint density at radius 2 is 2.35 bits per heavy atom. The van der Waals surface area contributed by atoms with Gasteiger partial charge >= 0.3 is 0 Å². The number of halogens is 1. The molecule has 2 aromatic rings. The van der Waals surface area contributed by atoms with Crippen molar-refractivity contribution in [1.82, 2.24) is 9.55 Å². The van der Waals surface area contributed by atoms with Gasteiger partial charge in [-0.2, -0.15) is 5.26 Å². The monoisotopic (exact) mass is 246 g/mol. The third-order valence-electron chi connectivity index (χ3n) is 2.41. The smallest absolute Gasteiger partial charge is 0.156 e. The molecular weight excluding hydrogens is 236 g/mol. The van der Waals surface area contributed by atoms with Gasteiger partial charge in [0.2, 0.25) is 0 Å². The van der Waals surface area contributed by atoms with Crippen LogP contribution in [-0.4, -0.2) is 9.55 Å². The molecule has 0 aliphatic carbocycles. The molecule has 1 unspecified atom stereocenters. The summed E-state index contributed by atoms with van der Waals surface area (Å²) in [6, 6.07) is 9.03. The normalized spacial score (nSPS) is 11.8. The van der Waals surface area contributed by atoms with E-state index >= 15 is 0 Å². The number of aromatic nitrogens is 2. The number of nitrogens with zero attached hydrogens (tertiary/aromatic N) is 3. The van der Waals surface area contributed by atoms with E-state index in [1.54, 1.807) is 24.7 Å². The summed E-state index contributed by atoms with van der Waals surface area (Å²) in [5.74, 6) is 0. The standard InChI is InChI=1S/C12H11ClN4/c1-17-8-15-7-12(17)11(6-14)16-10-4-2-3-9(13)5-10/h2-5,7-8,11,16H,1H3. The highest BCUT2D eigenvalue weighted by atomic mass is 35.5. The second kappa shape index (κ2) is 4.89. The fourth-order valence-electron chi connectivity index (χ4n) is 1.56. The van der Waals surface area contributed by atoms with Gasteiger partial charge in [-0.15, -0.1) is 0 Å². The quantitative estimate of drug-likeness (QED) is 0.906. The maximum atomic E-state index is 9.17. The van der Waals surface area contributed by atoms with Gasteiger partial charge in [-0.25, -0.2) is 4.98 Å². The summed E-state index contributed by atoms with van der Waals surface area (Å²) in [6.45, 7) is 0. The molecule has 0 saturated carbocycles. The summed E-state index contributed by atoms with van der Waals surface area (Å²) in [5.41, 5.74) is 1.62. The molecule has 0 spiro atoms. The van der Waals surface area contributed by atoms with Crippen LogP contribution >= 0.6 is 11.6 Å². The van der Waals surface area contributed by atoms with Crippen molar-refractivity contribution in [1.29, 1.82) is 5.26 Å². The molecule has 17 heavy (non-hydrogen) atoms. The molecule has 86 valence electrons. The van der Waals surface area contributed by atoms with Crippen LogP contribution in [0.4, 0.5) is 5.69 Å². The van der Waals surface area contributed by atoms with Crippen molar-refractivity contribution in [2.24, 2.45) is 7.05 Å². The first kappa shape index (κ1) is 11.5. The molecule has 0 aliphatic rings. The second-order valence-electron chi connectivity index (χ2n) is 3.65. The SMILES string of the molecule is Cn1cncc1C(C#N)Nc1cccc(Cl)c1. The average molecular weight is 247 g/mol. The maximum absolute atomic E-state index is 9.17. The first-order chi connectivity index (χ1) is 8.20. The van der Waals surface area contributed by atoms with E-state index in [4.69, 9.17) is 16.9 Å². The minimum Gasteiger partial charge on any atom is -0.365 e. The number of nitrogens with one attached hydrogen (secondary N) is 1. The summed E-state index contributed by atoms with van der Waals surface area (Å²) >= 11 is 5.89. The molecule has 1 N–H and O–H groups in total. The van der Waals surface area contributed by atoms with Crippen LogP contribution in [0.25, 0.3) is 0 Å². The highest BCUT2D eigenvalue weighted by Gasteiger charge is 2.13. The summed E-state index contributed by atoms with van der Waals surface area (Å²) in [4.78, 5) is 4.00. The molecule has 0 aliphatic heterocycles. The molecule has 1 atom stereocenters. The molecule has 5 heteroatoms. The van der Waals surface area contributed by atoms with Gasteiger partial charge in [-0.1, -0.05) is 17.7 Å². The van der Waals surface area contributed by atoms with Crippen molar-refractivity contribution < 1.29 is 0 Å². The fourth-order valence-corrected chi connectivity index (χ4v) is 1.75. The number of imidazole rings is 1. The predicted molar refractivity (Wildman–Crippen MR) is 66.6 cm³/mol. The molecule has 1 aromatic heterocycles. The Morgan fingerprint density at radius 3 is 2.94 bits per heavy atom. The van der Waals surface area contributed by atoms with E-state index in [-0.39, 0.29) is 0 Å².